The van der Waals surface area contributed by atoms with Crippen LogP contribution in [0.1, 0.15) is 10.4 Å². The average Bonchev–Trinajstić information content (AvgIpc) is 2.66. The number of likely N-dealkylation sites (N-methyl/N-ethyl adjacent to an activating group) is 1. The predicted molar refractivity (Wildman–Crippen MR) is 107 cm³/mol. The number of Topliss-reactive ketones (excluding diaryl/α,β-unsaturated/α-hetero) is 1. The van der Waals surface area contributed by atoms with E-state index in [4.69, 9.17) is 16.3 Å². The first-order chi connectivity index (χ1) is 12.9. The number of anilines is 2. The lowest BCUT2D eigenvalue weighted by Gasteiger charge is -2.26. The molecule has 0 unspecified atom stereocenters. The van der Waals surface area contributed by atoms with E-state index >= 15 is 0 Å². The van der Waals surface area contributed by atoms with Crippen LogP contribution in [0.3, 0.4) is 0 Å². The van der Waals surface area contributed by atoms with Crippen LogP contribution in [0.5, 0.6) is 5.75 Å². The van der Waals surface area contributed by atoms with E-state index in [0.29, 0.717) is 27.7 Å². The molecule has 0 spiro atoms. The summed E-state index contributed by atoms with van der Waals surface area (Å²) in [5.74, 6) is 0.406. The third kappa shape index (κ3) is 4.81. The van der Waals surface area contributed by atoms with Gasteiger partial charge in [0.1, 0.15) is 5.75 Å². The average molecular weight is 405 g/mol. The topological polar surface area (TPSA) is 75.7 Å². The number of ether oxygens (including phenoxy) is 1. The molecule has 0 aromatic heterocycles. The van der Waals surface area contributed by atoms with Crippen molar-refractivity contribution < 1.29 is 19.1 Å². The van der Waals surface area contributed by atoms with Crippen LogP contribution in [0.15, 0.2) is 42.5 Å². The van der Waals surface area contributed by atoms with Crippen LogP contribution in [0.2, 0.25) is 5.02 Å². The maximum Gasteiger partial charge on any atom is 0.264 e. The number of nitrogens with one attached hydrogen (secondary N) is 1. The van der Waals surface area contributed by atoms with Gasteiger partial charge in [-0.3, -0.25) is 14.4 Å². The third-order valence-corrected chi connectivity index (χ3v) is 5.15. The van der Waals surface area contributed by atoms with Gasteiger partial charge in [0.05, 0.1) is 17.2 Å². The summed E-state index contributed by atoms with van der Waals surface area (Å²) in [6.07, 6.45) is 0. The molecular weight excluding hydrogens is 388 g/mol. The summed E-state index contributed by atoms with van der Waals surface area (Å²) in [6.45, 7) is -0.00459. The molecule has 0 bridgehead atoms. The molecule has 2 aromatic rings. The molecule has 1 heterocycles. The van der Waals surface area contributed by atoms with Crippen LogP contribution in [0.4, 0.5) is 11.4 Å². The van der Waals surface area contributed by atoms with Gasteiger partial charge in [-0.15, -0.1) is 11.8 Å². The molecular formula is C19H17ClN2O4S. The lowest BCUT2D eigenvalue weighted by Crippen LogP contribution is -2.35. The Labute approximate surface area is 165 Å². The quantitative estimate of drug-likeness (QED) is 0.748. The maximum atomic E-state index is 12.4. The van der Waals surface area contributed by atoms with Gasteiger partial charge in [0.25, 0.3) is 5.91 Å². The Morgan fingerprint density at radius 2 is 1.93 bits per heavy atom. The van der Waals surface area contributed by atoms with Crippen LogP contribution in [0.25, 0.3) is 0 Å². The minimum atomic E-state index is -0.195. The number of hydrogen-bond donors (Lipinski definition) is 1. The van der Waals surface area contributed by atoms with Gasteiger partial charge in [-0.1, -0.05) is 11.6 Å². The van der Waals surface area contributed by atoms with E-state index in [9.17, 15) is 14.4 Å². The zero-order valence-electron chi connectivity index (χ0n) is 14.5. The van der Waals surface area contributed by atoms with E-state index in [2.05, 4.69) is 5.32 Å². The number of amides is 2. The second kappa shape index (κ2) is 8.45. The van der Waals surface area contributed by atoms with Crippen molar-refractivity contribution in [3.63, 3.8) is 0 Å². The second-order valence-corrected chi connectivity index (χ2v) is 7.32. The fourth-order valence-corrected chi connectivity index (χ4v) is 3.33. The largest absolute Gasteiger partial charge is 0.482 e. The molecule has 0 atom stereocenters. The normalized spacial score (nSPS) is 13.0. The third-order valence-electron chi connectivity index (χ3n) is 3.96. The molecule has 8 heteroatoms. The highest BCUT2D eigenvalue weighted by molar-refractivity contribution is 8.00. The number of ketones is 1. The molecule has 0 saturated carbocycles. The number of fused-ring (bicyclic) bond motifs is 1. The number of carbonyl (C=O) groups is 3. The van der Waals surface area contributed by atoms with Crippen molar-refractivity contribution in [1.82, 2.24) is 0 Å². The standard InChI is InChI=1S/C19H17ClN2O4S/c1-22-15-8-12(2-7-17(15)26-9-19(22)25)16(23)10-27-11-18(24)21-14-5-3-13(20)4-6-14/h2-8H,9-11H2,1H3,(H,21,24). The van der Waals surface area contributed by atoms with Crippen molar-refractivity contribution in [2.24, 2.45) is 0 Å². The van der Waals surface area contributed by atoms with E-state index in [1.807, 2.05) is 0 Å². The number of hydrogen-bond acceptors (Lipinski definition) is 5. The van der Waals surface area contributed by atoms with Crippen molar-refractivity contribution in [3.05, 3.63) is 53.1 Å². The minimum Gasteiger partial charge on any atom is -0.482 e. The highest BCUT2D eigenvalue weighted by Crippen LogP contribution is 2.32. The van der Waals surface area contributed by atoms with Crippen molar-refractivity contribution in [2.75, 3.05) is 35.4 Å². The van der Waals surface area contributed by atoms with E-state index < -0.39 is 0 Å². The van der Waals surface area contributed by atoms with E-state index in [0.717, 1.165) is 0 Å². The van der Waals surface area contributed by atoms with E-state index in [-0.39, 0.29) is 35.7 Å². The first-order valence-corrected chi connectivity index (χ1v) is 9.67. The summed E-state index contributed by atoms with van der Waals surface area (Å²) in [4.78, 5) is 37.5. The van der Waals surface area contributed by atoms with Crippen LogP contribution in [-0.4, -0.2) is 42.8 Å². The molecule has 6 nitrogen and oxygen atoms in total. The summed E-state index contributed by atoms with van der Waals surface area (Å²) < 4.78 is 5.35. The molecule has 1 N–H and O–H groups in total. The van der Waals surface area contributed by atoms with Crippen LogP contribution >= 0.6 is 23.4 Å². The van der Waals surface area contributed by atoms with Crippen molar-refractivity contribution in [3.8, 4) is 5.75 Å². The fourth-order valence-electron chi connectivity index (χ4n) is 2.50. The molecule has 1 aliphatic rings. The summed E-state index contributed by atoms with van der Waals surface area (Å²) >= 11 is 7.03. The second-order valence-electron chi connectivity index (χ2n) is 5.89. The van der Waals surface area contributed by atoms with Gasteiger partial charge in [0.15, 0.2) is 12.4 Å². The molecule has 2 amide bonds. The molecule has 2 aromatic carbocycles. The van der Waals surface area contributed by atoms with Gasteiger partial charge in [0, 0.05) is 23.3 Å². The number of halogens is 1. The van der Waals surface area contributed by atoms with E-state index in [1.165, 1.54) is 16.7 Å². The number of thioether (sulfide) groups is 1. The number of nitrogens with zero attached hydrogens (tertiary/aromatic N) is 1. The Morgan fingerprint density at radius 3 is 2.67 bits per heavy atom. The number of carbonyl (C=O) groups excluding carboxylic acids is 3. The highest BCUT2D eigenvalue weighted by atomic mass is 35.5. The van der Waals surface area contributed by atoms with E-state index in [1.54, 1.807) is 49.5 Å². The fraction of sp³-hybridized carbons (Fsp3) is 0.211. The van der Waals surface area contributed by atoms with Crippen LogP contribution in [0, 0.1) is 0 Å². The van der Waals surface area contributed by atoms with Gasteiger partial charge in [-0.25, -0.2) is 0 Å². The Kier molecular flexibility index (Phi) is 6.03. The molecule has 27 heavy (non-hydrogen) atoms. The Hall–Kier alpha value is -2.51. The van der Waals surface area contributed by atoms with Crippen LogP contribution < -0.4 is 15.0 Å². The van der Waals surface area contributed by atoms with Gasteiger partial charge < -0.3 is 15.0 Å². The zero-order valence-corrected chi connectivity index (χ0v) is 16.1. The van der Waals surface area contributed by atoms with Crippen molar-refractivity contribution in [2.45, 2.75) is 0 Å². The Balaban J connectivity index is 1.53. The molecule has 0 radical (unpaired) electrons. The molecule has 3 rings (SSSR count). The highest BCUT2D eigenvalue weighted by Gasteiger charge is 2.23. The first-order valence-electron chi connectivity index (χ1n) is 8.14. The zero-order chi connectivity index (χ0) is 19.4. The summed E-state index contributed by atoms with van der Waals surface area (Å²) in [7, 11) is 1.65. The Morgan fingerprint density at radius 1 is 1.19 bits per heavy atom. The smallest absolute Gasteiger partial charge is 0.264 e. The van der Waals surface area contributed by atoms with Gasteiger partial charge in [-0.2, -0.15) is 0 Å². The lowest BCUT2D eigenvalue weighted by atomic mass is 10.1. The van der Waals surface area contributed by atoms with Crippen LogP contribution in [-0.2, 0) is 9.59 Å². The summed E-state index contributed by atoms with van der Waals surface area (Å²) in [5.41, 5.74) is 1.70. The molecule has 140 valence electrons. The molecule has 0 saturated heterocycles. The Bertz CT molecular complexity index is 886. The molecule has 0 aliphatic carbocycles. The maximum absolute atomic E-state index is 12.4. The minimum absolute atomic E-state index is 0.00459. The molecule has 0 fully saturated rings. The van der Waals surface area contributed by atoms with Crippen molar-refractivity contribution in [1.29, 1.82) is 0 Å². The molecule has 1 aliphatic heterocycles. The van der Waals surface area contributed by atoms with Gasteiger partial charge in [-0.05, 0) is 42.5 Å². The lowest BCUT2D eigenvalue weighted by molar-refractivity contribution is -0.121. The SMILES string of the molecule is CN1C(=O)COc2ccc(C(=O)CSCC(=O)Nc3ccc(Cl)cc3)cc21. The van der Waals surface area contributed by atoms with Gasteiger partial charge >= 0.3 is 0 Å². The number of benzene rings is 2. The van der Waals surface area contributed by atoms with Gasteiger partial charge in [0.2, 0.25) is 5.91 Å². The van der Waals surface area contributed by atoms with Crippen molar-refractivity contribution >= 4 is 52.3 Å². The predicted octanol–water partition coefficient (Wildman–Crippen LogP) is 3.25. The number of rotatable bonds is 6. The monoisotopic (exact) mass is 404 g/mol. The summed E-state index contributed by atoms with van der Waals surface area (Å²) in [5, 5.41) is 3.34. The first kappa shape index (κ1) is 19.3. The summed E-state index contributed by atoms with van der Waals surface area (Å²) in [6, 6.07) is 11.8.